The van der Waals surface area contributed by atoms with E-state index in [9.17, 15) is 4.79 Å². The van der Waals surface area contributed by atoms with E-state index in [4.69, 9.17) is 4.52 Å². The van der Waals surface area contributed by atoms with Crippen LogP contribution in [0, 0.1) is 0 Å². The van der Waals surface area contributed by atoms with Crippen LogP contribution in [0.25, 0.3) is 11.4 Å². The van der Waals surface area contributed by atoms with Crippen LogP contribution in [0.2, 0.25) is 0 Å². The lowest BCUT2D eigenvalue weighted by molar-refractivity contribution is 0.176. The molecular formula is C19H26N6O2. The maximum Gasteiger partial charge on any atom is 0.318 e. The minimum absolute atomic E-state index is 0.0434. The first-order chi connectivity index (χ1) is 13.3. The molecule has 0 spiro atoms. The molecule has 0 saturated carbocycles. The van der Waals surface area contributed by atoms with E-state index < -0.39 is 0 Å². The van der Waals surface area contributed by atoms with E-state index in [1.54, 1.807) is 12.4 Å². The number of piperidine rings is 1. The maximum absolute atomic E-state index is 12.6. The standard InChI is InChI=1S/C19H26N6O2/c26-19(21-10-14-24-11-2-1-3-12-24)25-13-4-5-16(25)18-22-17(23-27-18)15-6-8-20-9-7-15/h6-9,16H,1-5,10-14H2,(H,21,26)/t16-/m0/s1. The number of urea groups is 1. The summed E-state index contributed by atoms with van der Waals surface area (Å²) in [5, 5.41) is 7.13. The first-order valence-corrected chi connectivity index (χ1v) is 9.82. The van der Waals surface area contributed by atoms with E-state index in [-0.39, 0.29) is 12.1 Å². The van der Waals surface area contributed by atoms with E-state index in [0.29, 0.717) is 24.8 Å². The largest absolute Gasteiger partial charge is 0.337 e. The number of likely N-dealkylation sites (tertiary alicyclic amines) is 2. The Balaban J connectivity index is 1.34. The summed E-state index contributed by atoms with van der Waals surface area (Å²) in [7, 11) is 0. The lowest BCUT2D eigenvalue weighted by Gasteiger charge is -2.27. The normalized spacial score (nSPS) is 20.7. The minimum atomic E-state index is -0.150. The molecule has 4 heterocycles. The zero-order valence-corrected chi connectivity index (χ0v) is 15.5. The molecule has 27 heavy (non-hydrogen) atoms. The second kappa shape index (κ2) is 8.47. The summed E-state index contributed by atoms with van der Waals surface area (Å²) in [5.74, 6) is 1.04. The van der Waals surface area contributed by atoms with Gasteiger partial charge >= 0.3 is 6.03 Å². The van der Waals surface area contributed by atoms with Gasteiger partial charge in [0.15, 0.2) is 0 Å². The highest BCUT2D eigenvalue weighted by atomic mass is 16.5. The van der Waals surface area contributed by atoms with E-state index in [2.05, 4.69) is 25.3 Å². The Morgan fingerprint density at radius 3 is 2.78 bits per heavy atom. The summed E-state index contributed by atoms with van der Waals surface area (Å²) in [6.07, 6.45) is 9.03. The van der Waals surface area contributed by atoms with E-state index in [1.807, 2.05) is 17.0 Å². The van der Waals surface area contributed by atoms with E-state index in [0.717, 1.165) is 38.0 Å². The van der Waals surface area contributed by atoms with Gasteiger partial charge in [-0.25, -0.2) is 4.79 Å². The van der Waals surface area contributed by atoms with Gasteiger partial charge in [-0.15, -0.1) is 0 Å². The quantitative estimate of drug-likeness (QED) is 0.870. The summed E-state index contributed by atoms with van der Waals surface area (Å²) >= 11 is 0. The zero-order chi connectivity index (χ0) is 18.5. The first-order valence-electron chi connectivity index (χ1n) is 9.82. The smallest absolute Gasteiger partial charge is 0.318 e. The summed E-state index contributed by atoms with van der Waals surface area (Å²) in [6.45, 7) is 4.59. The summed E-state index contributed by atoms with van der Waals surface area (Å²) in [6, 6.07) is 3.49. The van der Waals surface area contributed by atoms with Crippen molar-refractivity contribution in [3.05, 3.63) is 30.4 Å². The molecule has 0 radical (unpaired) electrons. The molecule has 144 valence electrons. The van der Waals surface area contributed by atoms with Crippen molar-refractivity contribution in [2.24, 2.45) is 0 Å². The molecule has 0 aliphatic carbocycles. The number of nitrogens with one attached hydrogen (secondary N) is 1. The molecule has 2 aliphatic heterocycles. The number of hydrogen-bond donors (Lipinski definition) is 1. The predicted octanol–water partition coefficient (Wildman–Crippen LogP) is 2.46. The molecule has 1 N–H and O–H groups in total. The highest BCUT2D eigenvalue weighted by molar-refractivity contribution is 5.75. The van der Waals surface area contributed by atoms with Gasteiger partial charge < -0.3 is 19.6 Å². The highest BCUT2D eigenvalue weighted by Crippen LogP contribution is 2.31. The molecule has 0 aromatic carbocycles. The third-order valence-corrected chi connectivity index (χ3v) is 5.33. The van der Waals surface area contributed by atoms with Gasteiger partial charge in [0.25, 0.3) is 0 Å². The average Bonchev–Trinajstić information content (AvgIpc) is 3.39. The van der Waals surface area contributed by atoms with Crippen LogP contribution in [0.5, 0.6) is 0 Å². The van der Waals surface area contributed by atoms with Crippen LogP contribution >= 0.6 is 0 Å². The average molecular weight is 370 g/mol. The Kier molecular flexibility index (Phi) is 5.62. The van der Waals surface area contributed by atoms with Crippen LogP contribution in [0.1, 0.15) is 44.0 Å². The Morgan fingerprint density at radius 2 is 1.96 bits per heavy atom. The van der Waals surface area contributed by atoms with Gasteiger partial charge in [-0.1, -0.05) is 11.6 Å². The van der Waals surface area contributed by atoms with Gasteiger partial charge in [0.2, 0.25) is 11.7 Å². The van der Waals surface area contributed by atoms with Crippen LogP contribution < -0.4 is 5.32 Å². The number of carbonyl (C=O) groups is 1. The van der Waals surface area contributed by atoms with Gasteiger partial charge in [-0.3, -0.25) is 4.98 Å². The molecule has 8 heteroatoms. The summed E-state index contributed by atoms with van der Waals surface area (Å²) < 4.78 is 5.47. The third-order valence-electron chi connectivity index (χ3n) is 5.33. The molecule has 2 aliphatic rings. The van der Waals surface area contributed by atoms with E-state index in [1.165, 1.54) is 19.3 Å². The van der Waals surface area contributed by atoms with Crippen molar-refractivity contribution in [2.75, 3.05) is 32.7 Å². The van der Waals surface area contributed by atoms with Crippen molar-refractivity contribution in [3.63, 3.8) is 0 Å². The van der Waals surface area contributed by atoms with Gasteiger partial charge in [0.05, 0.1) is 0 Å². The van der Waals surface area contributed by atoms with Crippen molar-refractivity contribution in [1.82, 2.24) is 30.2 Å². The third kappa shape index (κ3) is 4.27. The number of rotatable bonds is 5. The fraction of sp³-hybridized carbons (Fsp3) is 0.579. The summed E-state index contributed by atoms with van der Waals surface area (Å²) in [4.78, 5) is 25.4. The number of carbonyl (C=O) groups excluding carboxylic acids is 1. The van der Waals surface area contributed by atoms with Crippen molar-refractivity contribution >= 4 is 6.03 Å². The minimum Gasteiger partial charge on any atom is -0.337 e. The van der Waals surface area contributed by atoms with Crippen LogP contribution in [0.3, 0.4) is 0 Å². The molecule has 2 aromatic heterocycles. The van der Waals surface area contributed by atoms with Crippen LogP contribution in [-0.2, 0) is 0 Å². The molecule has 4 rings (SSSR count). The monoisotopic (exact) mass is 370 g/mol. The number of aromatic nitrogens is 3. The number of hydrogen-bond acceptors (Lipinski definition) is 6. The Morgan fingerprint density at radius 1 is 1.15 bits per heavy atom. The van der Waals surface area contributed by atoms with Crippen LogP contribution in [0.4, 0.5) is 4.79 Å². The number of nitrogens with zero attached hydrogens (tertiary/aromatic N) is 5. The predicted molar refractivity (Wildman–Crippen MR) is 99.9 cm³/mol. The number of amides is 2. The van der Waals surface area contributed by atoms with Crippen LogP contribution in [-0.4, -0.2) is 63.7 Å². The summed E-state index contributed by atoms with van der Waals surface area (Å²) in [5.41, 5.74) is 0.857. The lowest BCUT2D eigenvalue weighted by atomic mass is 10.1. The Labute approximate surface area is 158 Å². The fourth-order valence-corrected chi connectivity index (χ4v) is 3.86. The lowest BCUT2D eigenvalue weighted by Crippen LogP contribution is -2.43. The maximum atomic E-state index is 12.6. The first kappa shape index (κ1) is 17.9. The second-order valence-corrected chi connectivity index (χ2v) is 7.18. The van der Waals surface area contributed by atoms with Gasteiger partial charge in [-0.2, -0.15) is 4.98 Å². The second-order valence-electron chi connectivity index (χ2n) is 7.18. The molecule has 2 fully saturated rings. The van der Waals surface area contributed by atoms with Gasteiger partial charge in [0, 0.05) is 37.6 Å². The van der Waals surface area contributed by atoms with Crippen molar-refractivity contribution in [3.8, 4) is 11.4 Å². The molecule has 1 atom stereocenters. The molecule has 0 unspecified atom stereocenters. The topological polar surface area (TPSA) is 87.4 Å². The van der Waals surface area contributed by atoms with Crippen molar-refractivity contribution in [2.45, 2.75) is 38.1 Å². The fourth-order valence-electron chi connectivity index (χ4n) is 3.86. The van der Waals surface area contributed by atoms with E-state index >= 15 is 0 Å². The van der Waals surface area contributed by atoms with Crippen LogP contribution in [0.15, 0.2) is 29.0 Å². The van der Waals surface area contributed by atoms with Gasteiger partial charge in [0.1, 0.15) is 6.04 Å². The zero-order valence-electron chi connectivity index (χ0n) is 15.5. The highest BCUT2D eigenvalue weighted by Gasteiger charge is 2.34. The van der Waals surface area contributed by atoms with Gasteiger partial charge in [-0.05, 0) is 50.9 Å². The molecular weight excluding hydrogens is 344 g/mol. The Bertz CT molecular complexity index is 744. The Hall–Kier alpha value is -2.48. The molecule has 2 amide bonds. The SMILES string of the molecule is O=C(NCCN1CCCCC1)N1CCC[C@H]1c1nc(-c2ccncc2)no1. The van der Waals surface area contributed by atoms with Crippen molar-refractivity contribution < 1.29 is 9.32 Å². The molecule has 8 nitrogen and oxygen atoms in total. The molecule has 2 saturated heterocycles. The molecule has 2 aromatic rings. The molecule has 0 bridgehead atoms. The number of pyridine rings is 1. The van der Waals surface area contributed by atoms with Crippen molar-refractivity contribution in [1.29, 1.82) is 0 Å².